The van der Waals surface area contributed by atoms with Crippen LogP contribution < -0.4 is 15.8 Å². The van der Waals surface area contributed by atoms with Gasteiger partial charge in [-0.1, -0.05) is 29.8 Å². The van der Waals surface area contributed by atoms with Crippen LogP contribution in [0.3, 0.4) is 0 Å². The Balaban J connectivity index is 1.63. The zero-order valence-corrected chi connectivity index (χ0v) is 17.4. The van der Waals surface area contributed by atoms with E-state index in [1.165, 1.54) is 15.0 Å². The van der Waals surface area contributed by atoms with E-state index in [4.69, 9.17) is 16.0 Å². The van der Waals surface area contributed by atoms with E-state index in [2.05, 4.69) is 40.5 Å². The highest BCUT2D eigenvalue weighted by atomic mass is 35.5. The Kier molecular flexibility index (Phi) is 5.04. The van der Waals surface area contributed by atoms with Gasteiger partial charge in [-0.05, 0) is 61.6 Å². The number of thiophene rings is 1. The summed E-state index contributed by atoms with van der Waals surface area (Å²) in [5.74, 6) is 0. The van der Waals surface area contributed by atoms with Crippen LogP contribution in [0.4, 0.5) is 5.69 Å². The Bertz CT molecular complexity index is 1190. The second kappa shape index (κ2) is 7.82. The molecule has 0 aliphatic carbocycles. The fourth-order valence-electron chi connectivity index (χ4n) is 4.17. The molecule has 0 unspecified atom stereocenters. The highest BCUT2D eigenvalue weighted by molar-refractivity contribution is 7.19. The third-order valence-electron chi connectivity index (χ3n) is 5.54. The summed E-state index contributed by atoms with van der Waals surface area (Å²) in [5.41, 5.74) is 1.15. The van der Waals surface area contributed by atoms with Crippen molar-refractivity contribution in [2.24, 2.45) is 0 Å². The summed E-state index contributed by atoms with van der Waals surface area (Å²) in [4.78, 5) is 16.0. The molecule has 6 heteroatoms. The van der Waals surface area contributed by atoms with Gasteiger partial charge in [0.1, 0.15) is 5.58 Å². The van der Waals surface area contributed by atoms with Crippen LogP contribution in [-0.4, -0.2) is 19.1 Å². The van der Waals surface area contributed by atoms with E-state index in [-0.39, 0.29) is 5.63 Å². The molecule has 0 atom stereocenters. The molecule has 0 radical (unpaired) electrons. The van der Waals surface area contributed by atoms with Gasteiger partial charge in [-0.15, -0.1) is 11.3 Å². The summed E-state index contributed by atoms with van der Waals surface area (Å²) in [7, 11) is 0. The Morgan fingerprint density at radius 1 is 1.10 bits per heavy atom. The molecule has 3 heterocycles. The molecule has 0 amide bonds. The molecular formula is C23H21ClN2O2S. The third kappa shape index (κ3) is 3.78. The van der Waals surface area contributed by atoms with Crippen LogP contribution in [0.2, 0.25) is 5.02 Å². The number of fused-ring (bicyclic) bond motifs is 2. The predicted molar refractivity (Wildman–Crippen MR) is 121 cm³/mol. The molecule has 4 aromatic rings. The summed E-state index contributed by atoms with van der Waals surface area (Å²) in [6.45, 7) is 2.72. The highest BCUT2D eigenvalue weighted by Gasteiger charge is 2.25. The van der Waals surface area contributed by atoms with Crippen LogP contribution >= 0.6 is 22.9 Å². The van der Waals surface area contributed by atoms with Crippen molar-refractivity contribution < 1.29 is 4.42 Å². The minimum atomic E-state index is -0.329. The second-order valence-electron chi connectivity index (χ2n) is 7.45. The van der Waals surface area contributed by atoms with Gasteiger partial charge in [-0.25, -0.2) is 4.79 Å². The van der Waals surface area contributed by atoms with Gasteiger partial charge < -0.3 is 14.6 Å². The third-order valence-corrected chi connectivity index (χ3v) is 6.88. The normalized spacial score (nSPS) is 15.2. The van der Waals surface area contributed by atoms with E-state index in [1.807, 2.05) is 17.4 Å². The van der Waals surface area contributed by atoms with E-state index >= 15 is 0 Å². The first-order valence-electron chi connectivity index (χ1n) is 9.85. The zero-order valence-electron chi connectivity index (χ0n) is 15.9. The van der Waals surface area contributed by atoms with Crippen molar-refractivity contribution in [3.8, 4) is 0 Å². The van der Waals surface area contributed by atoms with Gasteiger partial charge in [0.15, 0.2) is 0 Å². The molecular weight excluding hydrogens is 404 g/mol. The average Bonchev–Trinajstić information content (AvgIpc) is 3.15. The van der Waals surface area contributed by atoms with Crippen molar-refractivity contribution >= 4 is 49.7 Å². The van der Waals surface area contributed by atoms with E-state index in [1.54, 1.807) is 18.2 Å². The molecule has 2 aromatic heterocycles. The molecule has 1 aliphatic heterocycles. The minimum absolute atomic E-state index is 0.329. The van der Waals surface area contributed by atoms with Crippen LogP contribution in [0.1, 0.15) is 17.7 Å². The first-order valence-corrected chi connectivity index (χ1v) is 11.0. The van der Waals surface area contributed by atoms with Crippen LogP contribution in [0.5, 0.6) is 0 Å². The Hall–Kier alpha value is -2.34. The molecule has 0 saturated carbocycles. The fraction of sp³-hybridized carbons (Fsp3) is 0.261. The molecule has 1 aliphatic rings. The van der Waals surface area contributed by atoms with Gasteiger partial charge >= 0.3 is 5.63 Å². The van der Waals surface area contributed by atoms with Crippen LogP contribution in [0.15, 0.2) is 63.8 Å². The minimum Gasteiger partial charge on any atom is -0.423 e. The number of hydrogen-bond acceptors (Lipinski definition) is 5. The van der Waals surface area contributed by atoms with Gasteiger partial charge in [0.2, 0.25) is 0 Å². The number of benzene rings is 2. The van der Waals surface area contributed by atoms with Crippen molar-refractivity contribution in [2.75, 3.05) is 18.0 Å². The van der Waals surface area contributed by atoms with Crippen LogP contribution in [-0.2, 0) is 6.54 Å². The Morgan fingerprint density at radius 3 is 2.76 bits per heavy atom. The Labute approximate surface area is 177 Å². The van der Waals surface area contributed by atoms with Crippen molar-refractivity contribution in [2.45, 2.75) is 25.4 Å². The van der Waals surface area contributed by atoms with Gasteiger partial charge in [0.05, 0.1) is 12.2 Å². The molecule has 2 aromatic carbocycles. The summed E-state index contributed by atoms with van der Waals surface area (Å²) < 4.78 is 6.73. The van der Waals surface area contributed by atoms with Crippen molar-refractivity contribution in [1.82, 2.24) is 5.32 Å². The SMILES string of the molecule is O=c1cc(N(Cc2cc3ccccc3s2)C2CCNCC2)c2cc(Cl)ccc2o1. The summed E-state index contributed by atoms with van der Waals surface area (Å²) in [5, 5.41) is 6.23. The highest BCUT2D eigenvalue weighted by Crippen LogP contribution is 2.34. The van der Waals surface area contributed by atoms with E-state index in [0.29, 0.717) is 16.6 Å². The molecule has 1 N–H and O–H groups in total. The van der Waals surface area contributed by atoms with Gasteiger partial charge in [-0.3, -0.25) is 0 Å². The number of halogens is 1. The maximum Gasteiger partial charge on any atom is 0.338 e. The van der Waals surface area contributed by atoms with Crippen molar-refractivity contribution in [1.29, 1.82) is 0 Å². The van der Waals surface area contributed by atoms with Crippen molar-refractivity contribution in [3.05, 3.63) is 74.9 Å². The van der Waals surface area contributed by atoms with Gasteiger partial charge in [0, 0.05) is 32.1 Å². The lowest BCUT2D eigenvalue weighted by molar-refractivity contribution is 0.428. The number of nitrogens with one attached hydrogen (secondary N) is 1. The second-order valence-corrected chi connectivity index (χ2v) is 9.06. The monoisotopic (exact) mass is 424 g/mol. The largest absolute Gasteiger partial charge is 0.423 e. The lowest BCUT2D eigenvalue weighted by Gasteiger charge is -2.36. The lowest BCUT2D eigenvalue weighted by Crippen LogP contribution is -2.43. The van der Waals surface area contributed by atoms with E-state index in [9.17, 15) is 4.79 Å². The molecule has 4 nitrogen and oxygen atoms in total. The van der Waals surface area contributed by atoms with Crippen LogP contribution in [0.25, 0.3) is 21.1 Å². The number of hydrogen-bond donors (Lipinski definition) is 1. The summed E-state index contributed by atoms with van der Waals surface area (Å²) >= 11 is 8.10. The first-order chi connectivity index (χ1) is 14.2. The number of piperidine rings is 1. The van der Waals surface area contributed by atoms with E-state index in [0.717, 1.165) is 43.5 Å². The fourth-order valence-corrected chi connectivity index (χ4v) is 5.40. The molecule has 1 fully saturated rings. The zero-order chi connectivity index (χ0) is 19.8. The molecule has 5 rings (SSSR count). The van der Waals surface area contributed by atoms with Crippen molar-refractivity contribution in [3.63, 3.8) is 0 Å². The maximum absolute atomic E-state index is 12.3. The quantitative estimate of drug-likeness (QED) is 0.444. The molecule has 0 spiro atoms. The summed E-state index contributed by atoms with van der Waals surface area (Å²) in [6.07, 6.45) is 2.07. The predicted octanol–water partition coefficient (Wildman–Crippen LogP) is 5.42. The molecule has 29 heavy (non-hydrogen) atoms. The maximum atomic E-state index is 12.3. The topological polar surface area (TPSA) is 45.5 Å². The van der Waals surface area contributed by atoms with Gasteiger partial charge in [-0.2, -0.15) is 0 Å². The molecule has 1 saturated heterocycles. The summed E-state index contributed by atoms with van der Waals surface area (Å²) in [6, 6.07) is 18.1. The van der Waals surface area contributed by atoms with Gasteiger partial charge in [0.25, 0.3) is 0 Å². The standard InChI is InChI=1S/C23H21ClN2O2S/c24-16-5-6-21-19(12-16)20(13-23(27)28-21)26(17-7-9-25-10-8-17)14-18-11-15-3-1-2-4-22(15)29-18/h1-6,11-13,17,25H,7-10,14H2. The number of anilines is 1. The number of nitrogens with zero attached hydrogens (tertiary/aromatic N) is 1. The Morgan fingerprint density at radius 2 is 1.93 bits per heavy atom. The smallest absolute Gasteiger partial charge is 0.338 e. The molecule has 148 valence electrons. The van der Waals surface area contributed by atoms with E-state index < -0.39 is 0 Å². The number of rotatable bonds is 4. The lowest BCUT2D eigenvalue weighted by atomic mass is 10.0. The molecule has 0 bridgehead atoms. The average molecular weight is 425 g/mol. The first kappa shape index (κ1) is 18.7. The van der Waals surface area contributed by atoms with Crippen LogP contribution in [0, 0.1) is 0 Å².